The van der Waals surface area contributed by atoms with Gasteiger partial charge in [0.15, 0.2) is 17.4 Å². The Bertz CT molecular complexity index is 781. The van der Waals surface area contributed by atoms with E-state index in [0.29, 0.717) is 19.3 Å². The van der Waals surface area contributed by atoms with Crippen molar-refractivity contribution < 1.29 is 29.6 Å². The molecule has 168 valence electrons. The van der Waals surface area contributed by atoms with E-state index in [4.69, 9.17) is 4.74 Å². The molecule has 0 heterocycles. The number of carbonyl (C=O) groups is 2. The van der Waals surface area contributed by atoms with Gasteiger partial charge in [0.25, 0.3) is 0 Å². The molecule has 6 unspecified atom stereocenters. The van der Waals surface area contributed by atoms with Crippen molar-refractivity contribution in [1.29, 1.82) is 0 Å². The van der Waals surface area contributed by atoms with E-state index in [2.05, 4.69) is 6.92 Å². The number of rotatable bonds is 4. The molecule has 3 N–H and O–H groups in total. The van der Waals surface area contributed by atoms with Gasteiger partial charge in [-0.05, 0) is 81.6 Å². The highest BCUT2D eigenvalue weighted by molar-refractivity contribution is 5.92. The van der Waals surface area contributed by atoms with Crippen LogP contribution in [0.3, 0.4) is 0 Å². The van der Waals surface area contributed by atoms with Gasteiger partial charge in [-0.25, -0.2) is 0 Å². The van der Waals surface area contributed by atoms with Crippen LogP contribution in [0.1, 0.15) is 72.6 Å². The van der Waals surface area contributed by atoms with Crippen molar-refractivity contribution in [1.82, 2.24) is 0 Å². The van der Waals surface area contributed by atoms with E-state index in [1.807, 2.05) is 13.0 Å². The normalized spacial score (nSPS) is 46.0. The van der Waals surface area contributed by atoms with E-state index in [1.54, 1.807) is 0 Å². The molecule has 30 heavy (non-hydrogen) atoms. The molecule has 6 nitrogen and oxygen atoms in total. The fourth-order valence-electron chi connectivity index (χ4n) is 7.91. The second kappa shape index (κ2) is 6.96. The second-order valence-corrected chi connectivity index (χ2v) is 11.1. The zero-order chi connectivity index (χ0) is 22.1. The number of aliphatic hydroxyl groups excluding tert-OH is 2. The quantitative estimate of drug-likeness (QED) is 0.604. The Labute approximate surface area is 178 Å². The predicted octanol–water partition coefficient (Wildman–Crippen LogP) is 2.53. The number of hydrogen-bond donors (Lipinski definition) is 3. The van der Waals surface area contributed by atoms with Crippen LogP contribution in [-0.2, 0) is 14.3 Å². The lowest BCUT2D eigenvalue weighted by Gasteiger charge is -2.61. The van der Waals surface area contributed by atoms with Crippen LogP contribution in [-0.4, -0.2) is 51.0 Å². The molecule has 0 bridgehead atoms. The Morgan fingerprint density at radius 3 is 2.57 bits per heavy atom. The van der Waals surface area contributed by atoms with Gasteiger partial charge >= 0.3 is 0 Å². The molecule has 7 atom stereocenters. The van der Waals surface area contributed by atoms with Gasteiger partial charge in [0.1, 0.15) is 12.2 Å². The maximum Gasteiger partial charge on any atom is 0.190 e. The molecule has 0 aliphatic heterocycles. The summed E-state index contributed by atoms with van der Waals surface area (Å²) >= 11 is 0. The van der Waals surface area contributed by atoms with Crippen LogP contribution < -0.4 is 0 Å². The Balaban J connectivity index is 1.76. The molecule has 3 fully saturated rings. The summed E-state index contributed by atoms with van der Waals surface area (Å²) in [6, 6.07) is 0. The molecular formula is C24H36O6. The lowest BCUT2D eigenvalue weighted by molar-refractivity contribution is -0.278. The molecule has 0 saturated heterocycles. The maximum absolute atomic E-state index is 13.1. The third-order valence-corrected chi connectivity index (χ3v) is 9.03. The summed E-state index contributed by atoms with van der Waals surface area (Å²) in [6.07, 6.45) is 5.77. The van der Waals surface area contributed by atoms with Crippen molar-refractivity contribution in [2.45, 2.75) is 90.1 Å². The molecule has 0 radical (unpaired) electrons. The van der Waals surface area contributed by atoms with E-state index in [0.717, 1.165) is 25.7 Å². The maximum atomic E-state index is 13.1. The zero-order valence-corrected chi connectivity index (χ0v) is 18.6. The van der Waals surface area contributed by atoms with Gasteiger partial charge in [-0.1, -0.05) is 19.4 Å². The Morgan fingerprint density at radius 2 is 1.93 bits per heavy atom. The first kappa shape index (κ1) is 22.1. The number of allylic oxidation sites excluding steroid dienone is 1. The van der Waals surface area contributed by atoms with Crippen molar-refractivity contribution in [2.24, 2.45) is 28.6 Å². The number of Topliss-reactive ketones (excluding diaryl/α,β-unsaturated/α-hetero) is 1. The lowest BCUT2D eigenvalue weighted by Crippen LogP contribution is -2.64. The molecule has 0 amide bonds. The highest BCUT2D eigenvalue weighted by atomic mass is 16.6. The SMILES string of the molecule is CC(C)(O)O[C@]1(C(=O)CO)CCC2C3CCC4=CC(=O)CCC4(C)C3C(O)CC21C. The molecule has 0 spiro atoms. The van der Waals surface area contributed by atoms with Crippen LogP contribution in [0.15, 0.2) is 11.6 Å². The van der Waals surface area contributed by atoms with Crippen molar-refractivity contribution in [2.75, 3.05) is 6.61 Å². The average molecular weight is 421 g/mol. The zero-order valence-electron chi connectivity index (χ0n) is 18.6. The Morgan fingerprint density at radius 1 is 1.23 bits per heavy atom. The summed E-state index contributed by atoms with van der Waals surface area (Å²) in [6.45, 7) is 6.57. The van der Waals surface area contributed by atoms with E-state index in [-0.39, 0.29) is 29.0 Å². The molecule has 4 aliphatic carbocycles. The van der Waals surface area contributed by atoms with Crippen molar-refractivity contribution in [3.05, 3.63) is 11.6 Å². The van der Waals surface area contributed by atoms with Crippen LogP contribution in [0.2, 0.25) is 0 Å². The second-order valence-electron chi connectivity index (χ2n) is 11.1. The smallest absolute Gasteiger partial charge is 0.190 e. The lowest BCUT2D eigenvalue weighted by atomic mass is 9.45. The monoisotopic (exact) mass is 420 g/mol. The third kappa shape index (κ3) is 2.98. The minimum atomic E-state index is -1.53. The molecule has 3 saturated carbocycles. The van der Waals surface area contributed by atoms with Gasteiger partial charge < -0.3 is 20.1 Å². The minimum Gasteiger partial charge on any atom is -0.393 e. The van der Waals surface area contributed by atoms with Crippen LogP contribution in [0.25, 0.3) is 0 Å². The van der Waals surface area contributed by atoms with Crippen molar-refractivity contribution in [3.8, 4) is 0 Å². The summed E-state index contributed by atoms with van der Waals surface area (Å²) in [5.74, 6) is -1.34. The molecule has 6 heteroatoms. The number of ether oxygens (including phenoxy) is 1. The number of aliphatic hydroxyl groups is 3. The van der Waals surface area contributed by atoms with Crippen molar-refractivity contribution in [3.63, 3.8) is 0 Å². The number of ketones is 2. The fourth-order valence-corrected chi connectivity index (χ4v) is 7.91. The van der Waals surface area contributed by atoms with E-state index in [1.165, 1.54) is 19.4 Å². The minimum absolute atomic E-state index is 0.0471. The number of hydrogen-bond acceptors (Lipinski definition) is 6. The summed E-state index contributed by atoms with van der Waals surface area (Å²) in [4.78, 5) is 25.1. The number of carbonyl (C=O) groups excluding carboxylic acids is 2. The predicted molar refractivity (Wildman–Crippen MR) is 110 cm³/mol. The topological polar surface area (TPSA) is 104 Å². The third-order valence-electron chi connectivity index (χ3n) is 9.03. The molecule has 4 rings (SSSR count). The number of fused-ring (bicyclic) bond motifs is 5. The van der Waals surface area contributed by atoms with Gasteiger partial charge in [-0.3, -0.25) is 9.59 Å². The largest absolute Gasteiger partial charge is 0.393 e. The van der Waals surface area contributed by atoms with E-state index in [9.17, 15) is 24.9 Å². The Hall–Kier alpha value is -1.08. The summed E-state index contributed by atoms with van der Waals surface area (Å²) in [5, 5.41) is 31.7. The summed E-state index contributed by atoms with van der Waals surface area (Å²) < 4.78 is 6.06. The van der Waals surface area contributed by atoms with Crippen LogP contribution in [0.4, 0.5) is 0 Å². The van der Waals surface area contributed by atoms with Gasteiger partial charge in [0.05, 0.1) is 6.10 Å². The van der Waals surface area contributed by atoms with E-state index >= 15 is 0 Å². The van der Waals surface area contributed by atoms with Gasteiger partial charge in [-0.15, -0.1) is 0 Å². The first-order valence-corrected chi connectivity index (χ1v) is 11.4. The molecular weight excluding hydrogens is 384 g/mol. The van der Waals surface area contributed by atoms with E-state index < -0.39 is 35.3 Å². The molecule has 0 aromatic rings. The van der Waals surface area contributed by atoms with Crippen LogP contribution in [0.5, 0.6) is 0 Å². The van der Waals surface area contributed by atoms with Crippen LogP contribution in [0, 0.1) is 28.6 Å². The molecule has 0 aromatic heterocycles. The van der Waals surface area contributed by atoms with Gasteiger partial charge in [0.2, 0.25) is 0 Å². The first-order chi connectivity index (χ1) is 13.9. The average Bonchev–Trinajstić information content (AvgIpc) is 2.92. The molecule has 4 aliphatic rings. The first-order valence-electron chi connectivity index (χ1n) is 11.4. The summed E-state index contributed by atoms with van der Waals surface area (Å²) in [5.41, 5.74) is -1.00. The standard InChI is InChI=1S/C24H36O6/c1-21(2,29)30-24(19(28)13-25)10-8-17-16-6-5-14-11-15(26)7-9-22(14,3)20(16)18(27)12-23(17,24)4/h11,16-18,20,25,27,29H,5-10,12-13H2,1-4H3/t16?,17?,18?,20?,22?,23?,24-/m0/s1. The van der Waals surface area contributed by atoms with Crippen molar-refractivity contribution >= 4 is 11.6 Å². The van der Waals surface area contributed by atoms with Crippen LogP contribution >= 0.6 is 0 Å². The highest BCUT2D eigenvalue weighted by Crippen LogP contribution is 2.68. The van der Waals surface area contributed by atoms with Gasteiger partial charge in [0, 0.05) is 11.8 Å². The van der Waals surface area contributed by atoms with Gasteiger partial charge in [-0.2, -0.15) is 0 Å². The fraction of sp³-hybridized carbons (Fsp3) is 0.833. The summed E-state index contributed by atoms with van der Waals surface area (Å²) in [7, 11) is 0. The Kier molecular flexibility index (Phi) is 5.13. The molecule has 0 aromatic carbocycles. The highest BCUT2D eigenvalue weighted by Gasteiger charge is 2.70.